The Bertz CT molecular complexity index is 1310. The van der Waals surface area contributed by atoms with Crippen molar-refractivity contribution in [3.05, 3.63) is 34.6 Å². The van der Waals surface area contributed by atoms with Gasteiger partial charge in [0.05, 0.1) is 29.3 Å². The van der Waals surface area contributed by atoms with Crippen molar-refractivity contribution in [2.24, 2.45) is 11.3 Å². The van der Waals surface area contributed by atoms with Gasteiger partial charge in [-0.3, -0.25) is 4.79 Å². The summed E-state index contributed by atoms with van der Waals surface area (Å²) in [5.74, 6) is 1.63. The van der Waals surface area contributed by atoms with Crippen LogP contribution in [0, 0.1) is 22.7 Å². The number of nitriles is 1. The number of aromatic nitrogens is 4. The van der Waals surface area contributed by atoms with Crippen LogP contribution in [0.1, 0.15) is 31.7 Å². The molecule has 2 aliphatic rings. The van der Waals surface area contributed by atoms with E-state index in [1.165, 1.54) is 0 Å². The zero-order chi connectivity index (χ0) is 24.6. The molecular weight excluding hydrogens is 512 g/mol. The molecule has 0 radical (unpaired) electrons. The van der Waals surface area contributed by atoms with Crippen molar-refractivity contribution < 1.29 is 9.53 Å². The summed E-state index contributed by atoms with van der Waals surface area (Å²) in [6, 6.07) is 7.67. The van der Waals surface area contributed by atoms with Crippen LogP contribution in [0.4, 0.5) is 5.95 Å². The lowest BCUT2D eigenvalue weighted by Crippen LogP contribution is -2.45. The van der Waals surface area contributed by atoms with Crippen LogP contribution in [-0.2, 0) is 4.79 Å². The fourth-order valence-corrected chi connectivity index (χ4v) is 5.15. The Morgan fingerprint density at radius 1 is 1.40 bits per heavy atom. The lowest BCUT2D eigenvalue weighted by molar-refractivity contribution is -0.129. The zero-order valence-electron chi connectivity index (χ0n) is 19.6. The van der Waals surface area contributed by atoms with Crippen molar-refractivity contribution in [2.45, 2.75) is 32.2 Å². The smallest absolute Gasteiger partial charge is 0.225 e. The second-order valence-electron chi connectivity index (χ2n) is 9.52. The Hall–Kier alpha value is -3.23. The van der Waals surface area contributed by atoms with Crippen molar-refractivity contribution in [1.29, 1.82) is 5.26 Å². The third-order valence-electron chi connectivity index (χ3n) is 6.85. The third-order valence-corrected chi connectivity index (χ3v) is 7.43. The molecule has 2 atom stereocenters. The van der Waals surface area contributed by atoms with E-state index in [0.717, 1.165) is 31.3 Å². The minimum absolute atomic E-state index is 0.0594. The molecule has 1 aromatic carbocycles. The Balaban J connectivity index is 1.43. The Kier molecular flexibility index (Phi) is 6.34. The molecule has 3 heterocycles. The number of anilines is 1. The highest BCUT2D eigenvalue weighted by Gasteiger charge is 2.41. The van der Waals surface area contributed by atoms with Crippen molar-refractivity contribution in [1.82, 2.24) is 30.4 Å². The number of nitrogens with one attached hydrogen (secondary N) is 3. The molecular formula is C24H27BrN8O2. The van der Waals surface area contributed by atoms with Gasteiger partial charge in [0.15, 0.2) is 5.65 Å². The van der Waals surface area contributed by atoms with Crippen LogP contribution < -0.4 is 20.7 Å². The van der Waals surface area contributed by atoms with Gasteiger partial charge in [-0.25, -0.2) is 9.67 Å². The van der Waals surface area contributed by atoms with Gasteiger partial charge in [-0.15, -0.1) is 0 Å². The Labute approximate surface area is 211 Å². The van der Waals surface area contributed by atoms with E-state index in [1.54, 1.807) is 30.1 Å². The molecule has 2 fully saturated rings. The number of ether oxygens (including phenoxy) is 1. The molecule has 2 aromatic heterocycles. The summed E-state index contributed by atoms with van der Waals surface area (Å²) < 4.78 is 8.27. The molecule has 0 spiro atoms. The minimum atomic E-state index is -0.398. The molecule has 35 heavy (non-hydrogen) atoms. The highest BCUT2D eigenvalue weighted by molar-refractivity contribution is 9.10. The van der Waals surface area contributed by atoms with Crippen molar-refractivity contribution in [3.63, 3.8) is 0 Å². The lowest BCUT2D eigenvalue weighted by atomic mass is 9.87. The molecule has 1 aliphatic carbocycles. The van der Waals surface area contributed by atoms with Crippen LogP contribution in [0.25, 0.3) is 16.7 Å². The monoisotopic (exact) mass is 538 g/mol. The summed E-state index contributed by atoms with van der Waals surface area (Å²) in [7, 11) is 1.67. The average molecular weight is 539 g/mol. The summed E-state index contributed by atoms with van der Waals surface area (Å²) in [5.41, 5.74) is 1.37. The number of hydrogen-bond acceptors (Lipinski definition) is 8. The number of fused-ring (bicyclic) bond motifs is 1. The summed E-state index contributed by atoms with van der Waals surface area (Å²) >= 11 is 3.51. The quantitative estimate of drug-likeness (QED) is 0.418. The van der Waals surface area contributed by atoms with Gasteiger partial charge in [0.1, 0.15) is 10.4 Å². The van der Waals surface area contributed by atoms with Gasteiger partial charge >= 0.3 is 0 Å². The van der Waals surface area contributed by atoms with Crippen molar-refractivity contribution in [2.75, 3.05) is 32.1 Å². The first-order chi connectivity index (χ1) is 16.9. The molecule has 0 bridgehead atoms. The number of carbonyl (C=O) groups excluding carboxylic acids is 1. The molecule has 1 saturated heterocycles. The molecule has 3 aromatic rings. The Morgan fingerprint density at radius 2 is 2.23 bits per heavy atom. The predicted octanol–water partition coefficient (Wildman–Crippen LogP) is 2.76. The van der Waals surface area contributed by atoms with Crippen LogP contribution in [0.15, 0.2) is 29.0 Å². The summed E-state index contributed by atoms with van der Waals surface area (Å²) in [5, 5.41) is 24.3. The highest BCUT2D eigenvalue weighted by Crippen LogP contribution is 2.39. The van der Waals surface area contributed by atoms with E-state index >= 15 is 0 Å². The van der Waals surface area contributed by atoms with Gasteiger partial charge in [-0.1, -0.05) is 6.92 Å². The second kappa shape index (κ2) is 9.43. The van der Waals surface area contributed by atoms with E-state index in [2.05, 4.69) is 48.0 Å². The SMILES string of the molecule is CNC(=O)[C@]1(C)CC[C@@H](Nc2ncc3c(Br)nn(-c4cc(C#N)cc(OCC5CNC5)c4)c3n2)C1. The summed E-state index contributed by atoms with van der Waals surface area (Å²) in [6.45, 7) is 4.47. The maximum absolute atomic E-state index is 12.3. The number of carbonyl (C=O) groups is 1. The highest BCUT2D eigenvalue weighted by atomic mass is 79.9. The lowest BCUT2D eigenvalue weighted by Gasteiger charge is -2.26. The van der Waals surface area contributed by atoms with Gasteiger partial charge < -0.3 is 20.7 Å². The third kappa shape index (κ3) is 4.68. The zero-order valence-corrected chi connectivity index (χ0v) is 21.2. The normalized spacial score (nSPS) is 21.9. The van der Waals surface area contributed by atoms with Crippen LogP contribution in [0.5, 0.6) is 5.75 Å². The maximum atomic E-state index is 12.3. The summed E-state index contributed by atoms with van der Waals surface area (Å²) in [6.07, 6.45) is 4.09. The average Bonchev–Trinajstić information content (AvgIpc) is 3.37. The first-order valence-electron chi connectivity index (χ1n) is 11.7. The standard InChI is InChI=1S/C24H27BrN8O2/c1-24(22(34)27-2)4-3-16(8-24)30-23-29-12-19-20(25)32-33(21(19)31-23)17-5-14(9-26)6-18(7-17)35-13-15-10-28-11-15/h5-7,12,15-16,28H,3-4,8,10-11,13H2,1-2H3,(H,27,34)(H,29,30,31)/t16-,24-/m1/s1. The van der Waals surface area contributed by atoms with Crippen molar-refractivity contribution >= 4 is 38.8 Å². The predicted molar refractivity (Wildman–Crippen MR) is 134 cm³/mol. The molecule has 10 nitrogen and oxygen atoms in total. The van der Waals surface area contributed by atoms with Gasteiger partial charge in [0.25, 0.3) is 0 Å². The maximum Gasteiger partial charge on any atom is 0.225 e. The van der Waals surface area contributed by atoms with Gasteiger partial charge in [0.2, 0.25) is 11.9 Å². The fraction of sp³-hybridized carbons (Fsp3) is 0.458. The number of benzene rings is 1. The van der Waals surface area contributed by atoms with E-state index in [4.69, 9.17) is 9.72 Å². The van der Waals surface area contributed by atoms with Gasteiger partial charge in [0, 0.05) is 49.8 Å². The van der Waals surface area contributed by atoms with Crippen LogP contribution in [-0.4, -0.2) is 58.4 Å². The van der Waals surface area contributed by atoms with E-state index in [-0.39, 0.29) is 11.9 Å². The van der Waals surface area contributed by atoms with Crippen LogP contribution in [0.2, 0.25) is 0 Å². The molecule has 1 aliphatic heterocycles. The first-order valence-corrected chi connectivity index (χ1v) is 12.5. The largest absolute Gasteiger partial charge is 0.493 e. The molecule has 1 amide bonds. The first kappa shape index (κ1) is 23.5. The van der Waals surface area contributed by atoms with Gasteiger partial charge in [-0.05, 0) is 47.3 Å². The fourth-order valence-electron chi connectivity index (χ4n) is 4.71. The number of halogens is 1. The van der Waals surface area contributed by atoms with Crippen LogP contribution >= 0.6 is 15.9 Å². The van der Waals surface area contributed by atoms with E-state index in [1.807, 2.05) is 13.0 Å². The topological polar surface area (TPSA) is 130 Å². The molecule has 0 unspecified atom stereocenters. The molecule has 182 valence electrons. The number of rotatable bonds is 7. The van der Waals surface area contributed by atoms with E-state index in [0.29, 0.717) is 52.1 Å². The van der Waals surface area contributed by atoms with E-state index in [9.17, 15) is 10.1 Å². The number of hydrogen-bond donors (Lipinski definition) is 3. The van der Waals surface area contributed by atoms with Crippen LogP contribution in [0.3, 0.4) is 0 Å². The van der Waals surface area contributed by atoms with Crippen molar-refractivity contribution in [3.8, 4) is 17.5 Å². The Morgan fingerprint density at radius 3 is 2.94 bits per heavy atom. The second-order valence-corrected chi connectivity index (χ2v) is 10.3. The number of amides is 1. The number of nitrogens with zero attached hydrogens (tertiary/aromatic N) is 5. The molecule has 11 heteroatoms. The molecule has 5 rings (SSSR count). The van der Waals surface area contributed by atoms with E-state index < -0.39 is 5.41 Å². The summed E-state index contributed by atoms with van der Waals surface area (Å²) in [4.78, 5) is 21.5. The molecule has 3 N–H and O–H groups in total. The van der Waals surface area contributed by atoms with Gasteiger partial charge in [-0.2, -0.15) is 15.3 Å². The molecule has 1 saturated carbocycles. The minimum Gasteiger partial charge on any atom is -0.493 e.